The Morgan fingerprint density at radius 1 is 1.67 bits per heavy atom. The molecule has 1 rings (SSSR count). The van der Waals surface area contributed by atoms with E-state index in [1.54, 1.807) is 6.92 Å². The molecule has 66 valence electrons. The molecule has 0 aromatic carbocycles. The molecule has 1 saturated heterocycles. The van der Waals surface area contributed by atoms with Crippen molar-refractivity contribution in [1.29, 1.82) is 0 Å². The average Bonchev–Trinajstić information content (AvgIpc) is 1.94. The normalized spacial score (nSPS) is 18.8. The van der Waals surface area contributed by atoms with Crippen LogP contribution in [0.15, 0.2) is 0 Å². The molecule has 3 heteroatoms. The van der Waals surface area contributed by atoms with Gasteiger partial charge in [-0.3, -0.25) is 4.79 Å². The van der Waals surface area contributed by atoms with Gasteiger partial charge >= 0.3 is 5.97 Å². The zero-order chi connectivity index (χ0) is 9.03. The van der Waals surface area contributed by atoms with Crippen LogP contribution in [-0.2, 0) is 4.79 Å². The molecule has 3 nitrogen and oxygen atoms in total. The minimum absolute atomic E-state index is 0.524. The molecule has 1 aliphatic heterocycles. The monoisotopic (exact) mass is 167 g/mol. The number of hydrogen-bond donors (Lipinski definition) is 2. The summed E-state index contributed by atoms with van der Waals surface area (Å²) in [6, 6.07) is 0. The second-order valence-electron chi connectivity index (χ2n) is 3.12. The summed E-state index contributed by atoms with van der Waals surface area (Å²) in [5, 5.41) is 11.9. The van der Waals surface area contributed by atoms with Crippen LogP contribution in [0.25, 0.3) is 0 Å². The Balaban J connectivity index is 2.43. The molecule has 0 aromatic heterocycles. The number of aliphatic carboxylic acids is 1. The molecular weight excluding hydrogens is 154 g/mol. The molecule has 0 aromatic rings. The predicted molar refractivity (Wildman–Crippen MR) is 45.6 cm³/mol. The summed E-state index contributed by atoms with van der Waals surface area (Å²) < 4.78 is 0. The van der Waals surface area contributed by atoms with E-state index in [2.05, 4.69) is 17.2 Å². The average molecular weight is 167 g/mol. The summed E-state index contributed by atoms with van der Waals surface area (Å²) >= 11 is 0. The van der Waals surface area contributed by atoms with Crippen molar-refractivity contribution >= 4 is 5.97 Å². The van der Waals surface area contributed by atoms with Crippen LogP contribution in [0.2, 0.25) is 0 Å². The number of carboxylic acids is 1. The zero-order valence-corrected chi connectivity index (χ0v) is 7.18. The van der Waals surface area contributed by atoms with Gasteiger partial charge in [0.15, 0.2) is 0 Å². The van der Waals surface area contributed by atoms with Gasteiger partial charge < -0.3 is 10.4 Å². The van der Waals surface area contributed by atoms with Crippen LogP contribution in [0.5, 0.6) is 0 Å². The maximum absolute atomic E-state index is 10.8. The smallest absolute Gasteiger partial charge is 0.312 e. The van der Waals surface area contributed by atoms with E-state index in [1.807, 2.05) is 0 Å². The maximum atomic E-state index is 10.8. The number of hydrogen-bond acceptors (Lipinski definition) is 2. The first-order chi connectivity index (χ1) is 5.71. The number of nitrogens with one attached hydrogen (secondary N) is 1. The third-order valence-electron chi connectivity index (χ3n) is 2.29. The van der Waals surface area contributed by atoms with Crippen LogP contribution in [0, 0.1) is 17.3 Å². The molecule has 0 radical (unpaired) electrons. The van der Waals surface area contributed by atoms with Gasteiger partial charge in [0, 0.05) is 19.5 Å². The Hall–Kier alpha value is -1.01. The van der Waals surface area contributed by atoms with Crippen LogP contribution in [0.3, 0.4) is 0 Å². The number of carboxylic acid groups (broad SMARTS) is 1. The van der Waals surface area contributed by atoms with Crippen LogP contribution >= 0.6 is 0 Å². The summed E-state index contributed by atoms with van der Waals surface area (Å²) in [5.74, 6) is 4.95. The molecular formula is C9H13NO2. The molecule has 0 saturated carbocycles. The molecule has 0 amide bonds. The van der Waals surface area contributed by atoms with E-state index in [-0.39, 0.29) is 0 Å². The highest BCUT2D eigenvalue weighted by Gasteiger charge is 2.43. The molecule has 1 heterocycles. The molecule has 0 atom stereocenters. The van der Waals surface area contributed by atoms with Gasteiger partial charge in [-0.05, 0) is 13.3 Å². The molecule has 1 fully saturated rings. The molecule has 2 N–H and O–H groups in total. The second kappa shape index (κ2) is 3.59. The molecule has 0 aliphatic carbocycles. The van der Waals surface area contributed by atoms with Gasteiger partial charge in [0.05, 0.1) is 5.41 Å². The van der Waals surface area contributed by atoms with Crippen molar-refractivity contribution in [3.63, 3.8) is 0 Å². The molecule has 12 heavy (non-hydrogen) atoms. The largest absolute Gasteiger partial charge is 0.481 e. The fraction of sp³-hybridized carbons (Fsp3) is 0.667. The highest BCUT2D eigenvalue weighted by Crippen LogP contribution is 2.28. The Bertz CT molecular complexity index is 233. The van der Waals surface area contributed by atoms with Gasteiger partial charge in [-0.1, -0.05) is 0 Å². The lowest BCUT2D eigenvalue weighted by Crippen LogP contribution is -2.58. The quantitative estimate of drug-likeness (QED) is 0.600. The van der Waals surface area contributed by atoms with E-state index in [0.29, 0.717) is 25.9 Å². The first-order valence-electron chi connectivity index (χ1n) is 4.05. The van der Waals surface area contributed by atoms with E-state index in [1.165, 1.54) is 0 Å². The zero-order valence-electron chi connectivity index (χ0n) is 7.18. The van der Waals surface area contributed by atoms with Crippen LogP contribution in [0.1, 0.15) is 19.8 Å². The fourth-order valence-electron chi connectivity index (χ4n) is 1.29. The lowest BCUT2D eigenvalue weighted by molar-refractivity contribution is -0.152. The second-order valence-corrected chi connectivity index (χ2v) is 3.12. The van der Waals surface area contributed by atoms with E-state index in [0.717, 1.165) is 0 Å². The molecule has 0 unspecified atom stereocenters. The minimum atomic E-state index is -0.695. The van der Waals surface area contributed by atoms with Gasteiger partial charge in [-0.15, -0.1) is 11.8 Å². The van der Waals surface area contributed by atoms with Gasteiger partial charge in [-0.25, -0.2) is 0 Å². The summed E-state index contributed by atoms with van der Waals surface area (Å²) in [6.07, 6.45) is 1.35. The lowest BCUT2D eigenvalue weighted by Gasteiger charge is -2.38. The fourth-order valence-corrected chi connectivity index (χ4v) is 1.29. The van der Waals surface area contributed by atoms with E-state index in [9.17, 15) is 4.79 Å². The number of rotatable bonds is 3. The first kappa shape index (κ1) is 9.08. The Labute approximate surface area is 72.2 Å². The topological polar surface area (TPSA) is 49.3 Å². The van der Waals surface area contributed by atoms with Gasteiger partial charge in [0.1, 0.15) is 0 Å². The third kappa shape index (κ3) is 1.59. The maximum Gasteiger partial charge on any atom is 0.312 e. The molecule has 1 aliphatic rings. The van der Waals surface area contributed by atoms with E-state index >= 15 is 0 Å². The van der Waals surface area contributed by atoms with Crippen molar-refractivity contribution in [1.82, 2.24) is 5.32 Å². The van der Waals surface area contributed by atoms with Crippen molar-refractivity contribution < 1.29 is 9.90 Å². The van der Waals surface area contributed by atoms with E-state index < -0.39 is 11.4 Å². The lowest BCUT2D eigenvalue weighted by atomic mass is 9.78. The summed E-state index contributed by atoms with van der Waals surface area (Å²) in [6.45, 7) is 2.95. The Morgan fingerprint density at radius 2 is 2.33 bits per heavy atom. The van der Waals surface area contributed by atoms with Crippen molar-refractivity contribution in [2.45, 2.75) is 19.8 Å². The summed E-state index contributed by atoms with van der Waals surface area (Å²) in [5.41, 5.74) is -0.524. The summed E-state index contributed by atoms with van der Waals surface area (Å²) in [7, 11) is 0. The number of carbonyl (C=O) groups is 1. The SMILES string of the molecule is CC#CCCC1(C(=O)O)CNC1. The van der Waals surface area contributed by atoms with Gasteiger partial charge in [0.25, 0.3) is 0 Å². The van der Waals surface area contributed by atoms with E-state index in [4.69, 9.17) is 5.11 Å². The highest BCUT2D eigenvalue weighted by molar-refractivity contribution is 5.76. The van der Waals surface area contributed by atoms with Crippen LogP contribution in [0.4, 0.5) is 0 Å². The molecule has 0 bridgehead atoms. The van der Waals surface area contributed by atoms with Crippen molar-refractivity contribution in [3.05, 3.63) is 0 Å². The third-order valence-corrected chi connectivity index (χ3v) is 2.29. The minimum Gasteiger partial charge on any atom is -0.481 e. The van der Waals surface area contributed by atoms with Crippen LogP contribution < -0.4 is 5.32 Å². The standard InChI is InChI=1S/C9H13NO2/c1-2-3-4-5-9(8(11)12)6-10-7-9/h10H,4-7H2,1H3,(H,11,12). The summed E-state index contributed by atoms with van der Waals surface area (Å²) in [4.78, 5) is 10.8. The van der Waals surface area contributed by atoms with Crippen molar-refractivity contribution in [2.24, 2.45) is 5.41 Å². The van der Waals surface area contributed by atoms with Crippen molar-refractivity contribution in [2.75, 3.05) is 13.1 Å². The predicted octanol–water partition coefficient (Wildman–Crippen LogP) is 0.464. The Kier molecular flexibility index (Phi) is 2.72. The Morgan fingerprint density at radius 3 is 2.67 bits per heavy atom. The van der Waals surface area contributed by atoms with Crippen molar-refractivity contribution in [3.8, 4) is 11.8 Å². The van der Waals surface area contributed by atoms with Crippen LogP contribution in [-0.4, -0.2) is 24.2 Å². The molecule has 0 spiro atoms. The van der Waals surface area contributed by atoms with Gasteiger partial charge in [0.2, 0.25) is 0 Å². The highest BCUT2D eigenvalue weighted by atomic mass is 16.4. The first-order valence-corrected chi connectivity index (χ1v) is 4.05. The van der Waals surface area contributed by atoms with Gasteiger partial charge in [-0.2, -0.15) is 0 Å².